The number of rotatable bonds is 4. The Labute approximate surface area is 139 Å². The molecular formula is C12H32O6Si4. The van der Waals surface area contributed by atoms with Crippen LogP contribution in [-0.2, 0) is 26.2 Å². The molecule has 0 spiro atoms. The Bertz CT molecular complexity index is 350. The van der Waals surface area contributed by atoms with Gasteiger partial charge in [0.15, 0.2) is 0 Å². The van der Waals surface area contributed by atoms with E-state index in [9.17, 15) is 0 Å². The Morgan fingerprint density at radius 1 is 0.682 bits per heavy atom. The van der Waals surface area contributed by atoms with Crippen molar-refractivity contribution in [1.29, 1.82) is 0 Å². The van der Waals surface area contributed by atoms with Gasteiger partial charge in [0.25, 0.3) is 0 Å². The highest BCUT2D eigenvalue weighted by Gasteiger charge is 2.51. The topological polar surface area (TPSA) is 55.4 Å². The summed E-state index contributed by atoms with van der Waals surface area (Å²) in [6, 6.07) is 1.86. The van der Waals surface area contributed by atoms with Crippen molar-refractivity contribution >= 4 is 34.0 Å². The Kier molecular flexibility index (Phi) is 7.21. The minimum Gasteiger partial charge on any atom is -0.418 e. The van der Waals surface area contributed by atoms with Crippen molar-refractivity contribution in [1.82, 2.24) is 0 Å². The van der Waals surface area contributed by atoms with Gasteiger partial charge in [-0.25, -0.2) is 0 Å². The summed E-state index contributed by atoms with van der Waals surface area (Å²) < 4.78 is 36.0. The monoisotopic (exact) mass is 384 g/mol. The van der Waals surface area contributed by atoms with Crippen LogP contribution in [0, 0.1) is 0 Å². The van der Waals surface area contributed by atoms with Crippen molar-refractivity contribution < 1.29 is 26.2 Å². The zero-order chi connectivity index (χ0) is 17.1. The van der Waals surface area contributed by atoms with E-state index in [1.807, 2.05) is 0 Å². The summed E-state index contributed by atoms with van der Waals surface area (Å²) in [6.07, 6.45) is 0.655. The van der Waals surface area contributed by atoms with Crippen LogP contribution in [0.25, 0.3) is 0 Å². The molecule has 0 radical (unpaired) electrons. The maximum Gasteiger partial charge on any atom is 0.336 e. The smallest absolute Gasteiger partial charge is 0.336 e. The van der Waals surface area contributed by atoms with Gasteiger partial charge in [0.05, 0.1) is 6.23 Å². The van der Waals surface area contributed by atoms with Gasteiger partial charge in [-0.05, 0) is 38.3 Å². The first kappa shape index (κ1) is 20.7. The lowest BCUT2D eigenvalue weighted by Crippen LogP contribution is -2.59. The zero-order valence-electron chi connectivity index (χ0n) is 15.3. The fourth-order valence-electron chi connectivity index (χ4n) is 2.60. The lowest BCUT2D eigenvalue weighted by molar-refractivity contribution is 0.206. The molecule has 1 saturated heterocycles. The molecule has 1 aliphatic heterocycles. The lowest BCUT2D eigenvalue weighted by atomic mass is 10.9. The minimum atomic E-state index is -2.39. The summed E-state index contributed by atoms with van der Waals surface area (Å²) in [5.74, 6) is 0. The second-order valence-electron chi connectivity index (χ2n) is 6.74. The summed E-state index contributed by atoms with van der Waals surface area (Å²) in [5, 5.41) is 0. The van der Waals surface area contributed by atoms with E-state index in [4.69, 9.17) is 26.2 Å². The molecule has 4 unspecified atom stereocenters. The molecule has 0 aromatic carbocycles. The van der Waals surface area contributed by atoms with Gasteiger partial charge in [0.1, 0.15) is 0 Å². The summed E-state index contributed by atoms with van der Waals surface area (Å²) in [5.41, 5.74) is 0.729. The Morgan fingerprint density at radius 2 is 1.23 bits per heavy atom. The van der Waals surface area contributed by atoms with Crippen LogP contribution >= 0.6 is 0 Å². The van der Waals surface area contributed by atoms with Crippen LogP contribution < -0.4 is 0 Å². The van der Waals surface area contributed by atoms with E-state index in [2.05, 4.69) is 26.2 Å². The van der Waals surface area contributed by atoms with Crippen molar-refractivity contribution in [3.63, 3.8) is 0 Å². The van der Waals surface area contributed by atoms with Crippen LogP contribution in [0.15, 0.2) is 0 Å². The van der Waals surface area contributed by atoms with E-state index in [1.165, 1.54) is 0 Å². The fraction of sp³-hybridized carbons (Fsp3) is 1.00. The summed E-state index contributed by atoms with van der Waals surface area (Å²) >= 11 is 0. The molecular weight excluding hydrogens is 352 g/mol. The molecule has 1 rings (SSSR count). The third kappa shape index (κ3) is 5.33. The molecule has 1 heterocycles. The van der Waals surface area contributed by atoms with E-state index >= 15 is 0 Å². The summed E-state index contributed by atoms with van der Waals surface area (Å²) in [7, 11) is -1.98. The predicted octanol–water partition coefficient (Wildman–Crippen LogP) is 2.49. The van der Waals surface area contributed by atoms with Crippen molar-refractivity contribution in [3.8, 4) is 0 Å². The Morgan fingerprint density at radius 3 is 1.68 bits per heavy atom. The van der Waals surface area contributed by atoms with Crippen LogP contribution in [0.3, 0.4) is 0 Å². The molecule has 0 N–H and O–H groups in total. The van der Waals surface area contributed by atoms with Gasteiger partial charge >= 0.3 is 25.7 Å². The SMILES string of the molecule is CO[Si]1(C)CC[Si](C)(OC)O[Si](C)(OC)C[Si](C)(OC)OC1. The Hall–Kier alpha value is 0.628. The molecule has 0 amide bonds. The number of hydrogen-bond donors (Lipinski definition) is 0. The first-order chi connectivity index (χ1) is 10.1. The standard InChI is InChI=1S/C12H32O6Si4/c1-13-19(5)9-10-20(6,14-2)18-22(8,16-4)12-21(7,15-3)17-11-19/h9-12H2,1-8H3. The second kappa shape index (κ2) is 7.67. The van der Waals surface area contributed by atoms with Crippen molar-refractivity contribution in [2.75, 3.05) is 34.7 Å². The average Bonchev–Trinajstić information content (AvgIpc) is 2.50. The summed E-state index contributed by atoms with van der Waals surface area (Å²) in [6.45, 7) is 8.49. The molecule has 0 saturated carbocycles. The highest BCUT2D eigenvalue weighted by Crippen LogP contribution is 2.32. The highest BCUT2D eigenvalue weighted by molar-refractivity contribution is 6.90. The molecule has 0 bridgehead atoms. The van der Waals surface area contributed by atoms with Crippen LogP contribution in [-0.4, -0.2) is 68.7 Å². The summed E-state index contributed by atoms with van der Waals surface area (Å²) in [4.78, 5) is 0. The highest BCUT2D eigenvalue weighted by atomic mass is 28.5. The molecule has 132 valence electrons. The maximum absolute atomic E-state index is 6.51. The van der Waals surface area contributed by atoms with Crippen molar-refractivity contribution in [2.45, 2.75) is 43.9 Å². The molecule has 6 nitrogen and oxygen atoms in total. The molecule has 4 atom stereocenters. The molecule has 10 heteroatoms. The predicted molar refractivity (Wildman–Crippen MR) is 96.0 cm³/mol. The normalized spacial score (nSPS) is 44.7. The Balaban J connectivity index is 3.13. The van der Waals surface area contributed by atoms with Crippen LogP contribution in [0.2, 0.25) is 43.9 Å². The molecule has 0 aromatic rings. The number of hydrogen-bond acceptors (Lipinski definition) is 6. The van der Waals surface area contributed by atoms with Gasteiger partial charge in [-0.15, -0.1) is 0 Å². The van der Waals surface area contributed by atoms with E-state index in [0.29, 0.717) is 6.23 Å². The van der Waals surface area contributed by atoms with Crippen molar-refractivity contribution in [2.24, 2.45) is 0 Å². The van der Waals surface area contributed by atoms with Gasteiger partial charge in [-0.3, -0.25) is 0 Å². The van der Waals surface area contributed by atoms with Crippen molar-refractivity contribution in [3.05, 3.63) is 0 Å². The first-order valence-electron chi connectivity index (χ1n) is 7.62. The van der Waals surface area contributed by atoms with Gasteiger partial charge < -0.3 is 26.2 Å². The lowest BCUT2D eigenvalue weighted by Gasteiger charge is -2.42. The van der Waals surface area contributed by atoms with E-state index in [0.717, 1.165) is 17.8 Å². The maximum atomic E-state index is 6.51. The van der Waals surface area contributed by atoms with E-state index < -0.39 is 34.0 Å². The van der Waals surface area contributed by atoms with Gasteiger partial charge in [-0.2, -0.15) is 0 Å². The van der Waals surface area contributed by atoms with Crippen LogP contribution in [0.5, 0.6) is 0 Å². The van der Waals surface area contributed by atoms with Crippen LogP contribution in [0.1, 0.15) is 0 Å². The second-order valence-corrected chi connectivity index (χ2v) is 21.9. The average molecular weight is 385 g/mol. The molecule has 0 aliphatic carbocycles. The molecule has 1 aliphatic rings. The molecule has 22 heavy (non-hydrogen) atoms. The third-order valence-electron chi connectivity index (χ3n) is 4.65. The zero-order valence-corrected chi connectivity index (χ0v) is 19.3. The van der Waals surface area contributed by atoms with Crippen LogP contribution in [0.4, 0.5) is 0 Å². The fourth-order valence-corrected chi connectivity index (χ4v) is 21.7. The van der Waals surface area contributed by atoms with Gasteiger partial charge in [0.2, 0.25) is 8.32 Å². The van der Waals surface area contributed by atoms with E-state index in [-0.39, 0.29) is 0 Å². The minimum absolute atomic E-state index is 0.655. The van der Waals surface area contributed by atoms with Gasteiger partial charge in [0, 0.05) is 34.1 Å². The van der Waals surface area contributed by atoms with Gasteiger partial charge in [-0.1, -0.05) is 0 Å². The first-order valence-corrected chi connectivity index (χ1v) is 18.0. The molecule has 0 aromatic heterocycles. The third-order valence-corrected chi connectivity index (χ3v) is 21.6. The quantitative estimate of drug-likeness (QED) is 0.694. The largest absolute Gasteiger partial charge is 0.418 e. The van der Waals surface area contributed by atoms with E-state index in [1.54, 1.807) is 28.4 Å². The molecule has 1 fully saturated rings.